The minimum atomic E-state index is -0.621. The number of cyclic esters (lactones) is 1. The number of carbonyl (C=O) groups is 2. The Kier molecular flexibility index (Phi) is 4.85. The predicted molar refractivity (Wildman–Crippen MR) is 87.5 cm³/mol. The molecule has 2 fully saturated rings. The zero-order chi connectivity index (χ0) is 17.2. The van der Waals surface area contributed by atoms with Crippen molar-refractivity contribution in [3.63, 3.8) is 0 Å². The Hall–Kier alpha value is -1.95. The second-order valence-corrected chi connectivity index (χ2v) is 6.52. The van der Waals surface area contributed by atoms with Gasteiger partial charge in [-0.1, -0.05) is 18.5 Å². The summed E-state index contributed by atoms with van der Waals surface area (Å²) in [6.07, 6.45) is 1.43. The van der Waals surface area contributed by atoms with E-state index in [2.05, 4.69) is 0 Å². The van der Waals surface area contributed by atoms with E-state index < -0.39 is 11.8 Å². The zero-order valence-electron chi connectivity index (χ0n) is 13.5. The molecule has 2 saturated heterocycles. The lowest BCUT2D eigenvalue weighted by molar-refractivity contribution is 0.00281. The van der Waals surface area contributed by atoms with Crippen LogP contribution < -0.4 is 4.74 Å². The summed E-state index contributed by atoms with van der Waals surface area (Å²) < 4.78 is 15.7. The van der Waals surface area contributed by atoms with Gasteiger partial charge >= 0.3 is 6.16 Å². The van der Waals surface area contributed by atoms with Gasteiger partial charge in [0.05, 0.1) is 11.6 Å². The normalized spacial score (nSPS) is 19.1. The SMILES string of the molecule is CCCOc1ccc(C(=O)N2CCC3(CC2)COC(=O)O3)cc1Cl. The number of rotatable bonds is 4. The molecule has 0 saturated carbocycles. The van der Waals surface area contributed by atoms with Crippen LogP contribution in [0.25, 0.3) is 0 Å². The van der Waals surface area contributed by atoms with Crippen LogP contribution in [0, 0.1) is 0 Å². The maximum absolute atomic E-state index is 12.6. The smallest absolute Gasteiger partial charge is 0.492 e. The number of benzene rings is 1. The number of likely N-dealkylation sites (tertiary alicyclic amines) is 1. The Labute approximate surface area is 145 Å². The summed E-state index contributed by atoms with van der Waals surface area (Å²) in [7, 11) is 0. The molecule has 1 aromatic carbocycles. The highest BCUT2D eigenvalue weighted by molar-refractivity contribution is 6.32. The van der Waals surface area contributed by atoms with Crippen LogP contribution in [-0.4, -0.2) is 48.9 Å². The van der Waals surface area contributed by atoms with Gasteiger partial charge in [0.25, 0.3) is 5.91 Å². The van der Waals surface area contributed by atoms with E-state index in [1.807, 2.05) is 6.92 Å². The number of amides is 1. The average Bonchev–Trinajstić information content (AvgIpc) is 2.94. The van der Waals surface area contributed by atoms with Crippen molar-refractivity contribution in [3.8, 4) is 5.75 Å². The Morgan fingerprint density at radius 3 is 2.71 bits per heavy atom. The van der Waals surface area contributed by atoms with Crippen LogP contribution in [0.3, 0.4) is 0 Å². The largest absolute Gasteiger partial charge is 0.509 e. The van der Waals surface area contributed by atoms with Crippen molar-refractivity contribution in [3.05, 3.63) is 28.8 Å². The first-order valence-corrected chi connectivity index (χ1v) is 8.48. The standard InChI is InChI=1S/C17H20ClNO5/c1-2-9-22-14-4-3-12(10-13(14)18)15(20)19-7-5-17(6-8-19)11-23-16(21)24-17/h3-4,10H,2,5-9,11H2,1H3. The van der Waals surface area contributed by atoms with Crippen LogP contribution in [0.1, 0.15) is 36.5 Å². The molecule has 0 unspecified atom stereocenters. The molecule has 0 aliphatic carbocycles. The number of carbonyl (C=O) groups excluding carboxylic acids is 2. The molecule has 1 aromatic rings. The van der Waals surface area contributed by atoms with E-state index in [9.17, 15) is 9.59 Å². The average molecular weight is 354 g/mol. The number of ether oxygens (including phenoxy) is 3. The summed E-state index contributed by atoms with van der Waals surface area (Å²) in [5.74, 6) is 0.502. The van der Waals surface area contributed by atoms with Crippen molar-refractivity contribution in [1.29, 1.82) is 0 Å². The van der Waals surface area contributed by atoms with Gasteiger partial charge in [0, 0.05) is 31.5 Å². The summed E-state index contributed by atoms with van der Waals surface area (Å²) in [4.78, 5) is 25.5. The Morgan fingerprint density at radius 2 is 2.12 bits per heavy atom. The third kappa shape index (κ3) is 3.43. The third-order valence-electron chi connectivity index (χ3n) is 4.36. The summed E-state index contributed by atoms with van der Waals surface area (Å²) >= 11 is 6.19. The molecule has 0 N–H and O–H groups in total. The highest BCUT2D eigenvalue weighted by Crippen LogP contribution is 2.33. The van der Waals surface area contributed by atoms with E-state index in [0.717, 1.165) is 6.42 Å². The molecule has 0 atom stereocenters. The van der Waals surface area contributed by atoms with Crippen LogP contribution in [-0.2, 0) is 9.47 Å². The van der Waals surface area contributed by atoms with Gasteiger partial charge in [-0.05, 0) is 24.6 Å². The molecule has 1 amide bonds. The third-order valence-corrected chi connectivity index (χ3v) is 4.65. The van der Waals surface area contributed by atoms with Crippen LogP contribution in [0.15, 0.2) is 18.2 Å². The van der Waals surface area contributed by atoms with Crippen molar-refractivity contribution >= 4 is 23.7 Å². The lowest BCUT2D eigenvalue weighted by Gasteiger charge is -2.36. The first-order chi connectivity index (χ1) is 11.5. The number of hydrogen-bond donors (Lipinski definition) is 0. The first kappa shape index (κ1) is 16.9. The highest BCUT2D eigenvalue weighted by Gasteiger charge is 2.45. The Bertz CT molecular complexity index is 640. The maximum Gasteiger partial charge on any atom is 0.509 e. The van der Waals surface area contributed by atoms with E-state index in [1.54, 1.807) is 23.1 Å². The molecular weight excluding hydrogens is 334 g/mol. The highest BCUT2D eigenvalue weighted by atomic mass is 35.5. The monoisotopic (exact) mass is 353 g/mol. The summed E-state index contributed by atoms with van der Waals surface area (Å²) in [6, 6.07) is 5.09. The first-order valence-electron chi connectivity index (χ1n) is 8.10. The number of nitrogens with zero attached hydrogens (tertiary/aromatic N) is 1. The number of hydrogen-bond acceptors (Lipinski definition) is 5. The fourth-order valence-electron chi connectivity index (χ4n) is 2.94. The van der Waals surface area contributed by atoms with Crippen molar-refractivity contribution in [1.82, 2.24) is 4.90 Å². The van der Waals surface area contributed by atoms with E-state index in [4.69, 9.17) is 25.8 Å². The molecule has 3 rings (SSSR count). The maximum atomic E-state index is 12.6. The van der Waals surface area contributed by atoms with Crippen LogP contribution in [0.4, 0.5) is 4.79 Å². The second-order valence-electron chi connectivity index (χ2n) is 6.11. The molecule has 2 aliphatic rings. The van der Waals surface area contributed by atoms with Gasteiger partial charge in [0.1, 0.15) is 12.4 Å². The van der Waals surface area contributed by atoms with Gasteiger partial charge in [0.2, 0.25) is 0 Å². The molecule has 6 nitrogen and oxygen atoms in total. The van der Waals surface area contributed by atoms with E-state index in [1.165, 1.54) is 0 Å². The summed E-state index contributed by atoms with van der Waals surface area (Å²) in [5.41, 5.74) is -0.0388. The van der Waals surface area contributed by atoms with Gasteiger partial charge in [-0.15, -0.1) is 0 Å². The lowest BCUT2D eigenvalue weighted by Crippen LogP contribution is -2.48. The Balaban J connectivity index is 1.63. The lowest BCUT2D eigenvalue weighted by atomic mass is 9.92. The predicted octanol–water partition coefficient (Wildman–Crippen LogP) is 3.27. The van der Waals surface area contributed by atoms with E-state index >= 15 is 0 Å². The molecule has 24 heavy (non-hydrogen) atoms. The van der Waals surface area contributed by atoms with Gasteiger partial charge < -0.3 is 19.1 Å². The van der Waals surface area contributed by atoms with Crippen molar-refractivity contribution in [2.75, 3.05) is 26.3 Å². The van der Waals surface area contributed by atoms with E-state index in [-0.39, 0.29) is 12.5 Å². The quantitative estimate of drug-likeness (QED) is 0.777. The van der Waals surface area contributed by atoms with Crippen LogP contribution >= 0.6 is 11.6 Å². The molecule has 1 spiro atoms. The van der Waals surface area contributed by atoms with E-state index in [0.29, 0.717) is 48.9 Å². The van der Waals surface area contributed by atoms with Crippen LogP contribution in [0.2, 0.25) is 5.02 Å². The zero-order valence-corrected chi connectivity index (χ0v) is 14.3. The molecule has 2 aliphatic heterocycles. The van der Waals surface area contributed by atoms with Gasteiger partial charge in [-0.3, -0.25) is 4.79 Å². The number of halogens is 1. The van der Waals surface area contributed by atoms with Crippen molar-refractivity contribution in [2.45, 2.75) is 31.8 Å². The molecular formula is C17H20ClNO5. The van der Waals surface area contributed by atoms with Gasteiger partial charge in [-0.25, -0.2) is 4.79 Å². The molecule has 0 radical (unpaired) electrons. The second kappa shape index (κ2) is 6.89. The van der Waals surface area contributed by atoms with Crippen molar-refractivity contribution in [2.24, 2.45) is 0 Å². The van der Waals surface area contributed by atoms with Crippen LogP contribution in [0.5, 0.6) is 5.75 Å². The summed E-state index contributed by atoms with van der Waals surface area (Å²) in [5, 5.41) is 0.431. The number of piperidine rings is 1. The molecule has 7 heteroatoms. The molecule has 2 heterocycles. The van der Waals surface area contributed by atoms with Gasteiger partial charge in [0.15, 0.2) is 5.60 Å². The minimum absolute atomic E-state index is 0.0842. The summed E-state index contributed by atoms with van der Waals surface area (Å²) in [6.45, 7) is 3.90. The topological polar surface area (TPSA) is 65.1 Å². The molecule has 130 valence electrons. The Morgan fingerprint density at radius 1 is 1.38 bits per heavy atom. The molecule has 0 bridgehead atoms. The fourth-order valence-corrected chi connectivity index (χ4v) is 3.17. The van der Waals surface area contributed by atoms with Crippen molar-refractivity contribution < 1.29 is 23.8 Å². The fraction of sp³-hybridized carbons (Fsp3) is 0.529. The van der Waals surface area contributed by atoms with Gasteiger partial charge in [-0.2, -0.15) is 0 Å². The minimum Gasteiger partial charge on any atom is -0.492 e. The molecule has 0 aromatic heterocycles.